The molecule has 2 aromatic carbocycles. The van der Waals surface area contributed by atoms with E-state index in [0.717, 1.165) is 0 Å². The molecule has 0 nitrogen and oxygen atoms in total. The highest BCUT2D eigenvalue weighted by Crippen LogP contribution is 2.27. The van der Waals surface area contributed by atoms with Gasteiger partial charge in [0.05, 0.1) is 8.07 Å². The Hall–Kier alpha value is -1.60. The summed E-state index contributed by atoms with van der Waals surface area (Å²) in [5, 5.41) is 1.51. The van der Waals surface area contributed by atoms with E-state index >= 15 is 0 Å². The minimum Gasteiger partial charge on any atom is -0.0656 e. The van der Waals surface area contributed by atoms with Crippen molar-refractivity contribution in [2.24, 2.45) is 0 Å². The molecule has 0 heterocycles. The van der Waals surface area contributed by atoms with Gasteiger partial charge in [-0.25, -0.2) is 0 Å². The van der Waals surface area contributed by atoms with Crippen molar-refractivity contribution < 1.29 is 0 Å². The van der Waals surface area contributed by atoms with Crippen LogP contribution in [0.4, 0.5) is 0 Å². The molecule has 0 unspecified atom stereocenters. The van der Waals surface area contributed by atoms with Gasteiger partial charge in [-0.15, -0.1) is 0 Å². The number of rotatable bonds is 3. The van der Waals surface area contributed by atoms with Crippen LogP contribution in [0.5, 0.6) is 0 Å². The molecule has 2 aromatic rings. The summed E-state index contributed by atoms with van der Waals surface area (Å²) >= 11 is 0. The molecule has 18 heavy (non-hydrogen) atoms. The zero-order chi connectivity index (χ0) is 13.0. The molecule has 0 saturated carbocycles. The van der Waals surface area contributed by atoms with Gasteiger partial charge in [0, 0.05) is 0 Å². The summed E-state index contributed by atoms with van der Waals surface area (Å²) in [6, 6.07) is 21.3. The summed E-state index contributed by atoms with van der Waals surface area (Å²) in [7, 11) is -1.35. The quantitative estimate of drug-likeness (QED) is 0.526. The Kier molecular flexibility index (Phi) is 3.83. The van der Waals surface area contributed by atoms with Crippen LogP contribution in [0.2, 0.25) is 19.6 Å². The lowest BCUT2D eigenvalue weighted by Gasteiger charge is -2.21. The summed E-state index contributed by atoms with van der Waals surface area (Å²) in [6.07, 6.45) is 2.35. The van der Waals surface area contributed by atoms with Crippen LogP contribution >= 0.6 is 0 Å². The topological polar surface area (TPSA) is 0 Å². The SMILES string of the molecule is C[Si](C)(C)C(=Cc1ccccc1)c1ccccc1. The molecule has 0 radical (unpaired) electrons. The molecule has 0 atom stereocenters. The second kappa shape index (κ2) is 5.36. The predicted octanol–water partition coefficient (Wildman–Crippen LogP) is 5.10. The fraction of sp³-hybridized carbons (Fsp3) is 0.176. The highest BCUT2D eigenvalue weighted by molar-refractivity contribution is 6.94. The van der Waals surface area contributed by atoms with E-state index in [4.69, 9.17) is 0 Å². The van der Waals surface area contributed by atoms with Crippen LogP contribution in [0, 0.1) is 0 Å². The Labute approximate surface area is 111 Å². The van der Waals surface area contributed by atoms with Gasteiger partial charge in [0.1, 0.15) is 0 Å². The molecule has 0 aliphatic carbocycles. The zero-order valence-electron chi connectivity index (χ0n) is 11.4. The first kappa shape index (κ1) is 12.8. The molecule has 1 heteroatoms. The first-order valence-electron chi connectivity index (χ1n) is 6.40. The third-order valence-electron chi connectivity index (χ3n) is 3.00. The third kappa shape index (κ3) is 3.20. The van der Waals surface area contributed by atoms with Crippen LogP contribution in [-0.2, 0) is 0 Å². The molecule has 0 saturated heterocycles. The Morgan fingerprint density at radius 1 is 0.778 bits per heavy atom. The van der Waals surface area contributed by atoms with Gasteiger partial charge in [0.15, 0.2) is 0 Å². The average Bonchev–Trinajstić information content (AvgIpc) is 2.37. The molecular weight excluding hydrogens is 232 g/mol. The summed E-state index contributed by atoms with van der Waals surface area (Å²) in [4.78, 5) is 0. The van der Waals surface area contributed by atoms with Crippen molar-refractivity contribution in [2.45, 2.75) is 19.6 Å². The maximum absolute atomic E-state index is 2.40. The van der Waals surface area contributed by atoms with E-state index in [2.05, 4.69) is 86.4 Å². The smallest absolute Gasteiger partial charge is 0.0656 e. The normalized spacial score (nSPS) is 12.5. The van der Waals surface area contributed by atoms with Crippen LogP contribution in [0.1, 0.15) is 11.1 Å². The molecule has 0 fully saturated rings. The van der Waals surface area contributed by atoms with E-state index in [9.17, 15) is 0 Å². The second-order valence-electron chi connectivity index (χ2n) is 5.58. The Morgan fingerprint density at radius 3 is 1.78 bits per heavy atom. The first-order valence-corrected chi connectivity index (χ1v) is 9.90. The van der Waals surface area contributed by atoms with E-state index < -0.39 is 8.07 Å². The third-order valence-corrected chi connectivity index (χ3v) is 5.05. The molecule has 2 rings (SSSR count). The second-order valence-corrected chi connectivity index (χ2v) is 10.6. The van der Waals surface area contributed by atoms with E-state index in [-0.39, 0.29) is 0 Å². The summed E-state index contributed by atoms with van der Waals surface area (Å²) in [5.74, 6) is 0. The molecule has 0 aliphatic rings. The van der Waals surface area contributed by atoms with Crippen LogP contribution in [0.25, 0.3) is 11.3 Å². The fourth-order valence-electron chi connectivity index (χ4n) is 2.07. The Bertz CT molecular complexity index is 519. The molecular formula is C17H20Si. The van der Waals surface area contributed by atoms with Crippen LogP contribution in [0.15, 0.2) is 60.7 Å². The van der Waals surface area contributed by atoms with Crippen LogP contribution in [0.3, 0.4) is 0 Å². The molecule has 0 N–H and O–H groups in total. The van der Waals surface area contributed by atoms with Gasteiger partial charge >= 0.3 is 0 Å². The maximum atomic E-state index is 2.40. The van der Waals surface area contributed by atoms with Crippen molar-refractivity contribution in [2.75, 3.05) is 0 Å². The van der Waals surface area contributed by atoms with Crippen molar-refractivity contribution in [1.82, 2.24) is 0 Å². The summed E-state index contributed by atoms with van der Waals surface area (Å²) in [5.41, 5.74) is 2.65. The summed E-state index contributed by atoms with van der Waals surface area (Å²) < 4.78 is 0. The Balaban J connectivity index is 2.48. The highest BCUT2D eigenvalue weighted by Gasteiger charge is 2.20. The van der Waals surface area contributed by atoms with E-state index in [0.29, 0.717) is 0 Å². The lowest BCUT2D eigenvalue weighted by molar-refractivity contribution is 1.61. The standard InChI is InChI=1S/C17H20Si/c1-18(2,3)17(16-12-8-5-9-13-16)14-15-10-6-4-7-11-15/h4-14H,1-3H3. The van der Waals surface area contributed by atoms with Crippen LogP contribution in [-0.4, -0.2) is 8.07 Å². The zero-order valence-corrected chi connectivity index (χ0v) is 12.4. The van der Waals surface area contributed by atoms with E-state index in [1.165, 1.54) is 16.3 Å². The van der Waals surface area contributed by atoms with Gasteiger partial charge in [-0.1, -0.05) is 91.6 Å². The van der Waals surface area contributed by atoms with E-state index in [1.807, 2.05) is 0 Å². The number of benzene rings is 2. The largest absolute Gasteiger partial charge is 0.0784 e. The van der Waals surface area contributed by atoms with Crippen molar-refractivity contribution in [3.63, 3.8) is 0 Å². The van der Waals surface area contributed by atoms with Gasteiger partial charge < -0.3 is 0 Å². The van der Waals surface area contributed by atoms with Crippen molar-refractivity contribution >= 4 is 19.3 Å². The minimum absolute atomic E-state index is 1.29. The van der Waals surface area contributed by atoms with Gasteiger partial charge in [0.2, 0.25) is 0 Å². The maximum Gasteiger partial charge on any atom is 0.0784 e. The van der Waals surface area contributed by atoms with Gasteiger partial charge in [0.25, 0.3) is 0 Å². The van der Waals surface area contributed by atoms with Gasteiger partial charge in [-0.05, 0) is 11.1 Å². The first-order chi connectivity index (χ1) is 8.57. The molecule has 92 valence electrons. The van der Waals surface area contributed by atoms with Crippen molar-refractivity contribution in [1.29, 1.82) is 0 Å². The molecule has 0 bridgehead atoms. The lowest BCUT2D eigenvalue weighted by Crippen LogP contribution is -2.22. The number of hydrogen-bond acceptors (Lipinski definition) is 0. The summed E-state index contributed by atoms with van der Waals surface area (Å²) in [6.45, 7) is 7.19. The number of hydrogen-bond donors (Lipinski definition) is 0. The Morgan fingerprint density at radius 2 is 1.28 bits per heavy atom. The molecule has 0 aliphatic heterocycles. The highest BCUT2D eigenvalue weighted by atomic mass is 28.3. The van der Waals surface area contributed by atoms with Gasteiger partial charge in [-0.2, -0.15) is 0 Å². The van der Waals surface area contributed by atoms with Gasteiger partial charge in [-0.3, -0.25) is 0 Å². The molecule has 0 aromatic heterocycles. The molecule has 0 spiro atoms. The minimum atomic E-state index is -1.35. The van der Waals surface area contributed by atoms with Crippen molar-refractivity contribution in [3.8, 4) is 0 Å². The van der Waals surface area contributed by atoms with Crippen LogP contribution < -0.4 is 0 Å². The average molecular weight is 252 g/mol. The monoisotopic (exact) mass is 252 g/mol. The van der Waals surface area contributed by atoms with Crippen molar-refractivity contribution in [3.05, 3.63) is 71.8 Å². The molecule has 0 amide bonds. The lowest BCUT2D eigenvalue weighted by atomic mass is 10.1. The van der Waals surface area contributed by atoms with E-state index in [1.54, 1.807) is 0 Å². The fourth-order valence-corrected chi connectivity index (χ4v) is 3.70. The predicted molar refractivity (Wildman–Crippen MR) is 84.1 cm³/mol.